The summed E-state index contributed by atoms with van der Waals surface area (Å²) in [7, 11) is 0. The molecule has 0 saturated heterocycles. The van der Waals surface area contributed by atoms with Crippen molar-refractivity contribution in [2.45, 2.75) is 13.8 Å². The van der Waals surface area contributed by atoms with Gasteiger partial charge in [0.25, 0.3) is 0 Å². The summed E-state index contributed by atoms with van der Waals surface area (Å²) < 4.78 is 10.4. The third-order valence-electron chi connectivity index (χ3n) is 2.48. The highest BCUT2D eigenvalue weighted by Crippen LogP contribution is 2.12. The predicted molar refractivity (Wildman–Crippen MR) is 86.2 cm³/mol. The molecule has 0 radical (unpaired) electrons. The highest BCUT2D eigenvalue weighted by Gasteiger charge is 2.03. The van der Waals surface area contributed by atoms with Gasteiger partial charge in [-0.25, -0.2) is 9.59 Å². The van der Waals surface area contributed by atoms with Crippen molar-refractivity contribution in [3.8, 4) is 5.75 Å². The van der Waals surface area contributed by atoms with Gasteiger partial charge in [0.2, 0.25) is 0 Å². The fraction of sp³-hybridized carbons (Fsp3) is 0.235. The fourth-order valence-electron chi connectivity index (χ4n) is 1.31. The predicted octanol–water partition coefficient (Wildman–Crippen LogP) is 2.64. The molecule has 0 aliphatic rings. The maximum absolute atomic E-state index is 11.2. The Hall–Kier alpha value is -2.89. The maximum atomic E-state index is 11.2. The number of carbonyl (C=O) groups excluding carboxylic acids is 2. The van der Waals surface area contributed by atoms with Crippen LogP contribution in [0.2, 0.25) is 0 Å². The van der Waals surface area contributed by atoms with Crippen molar-refractivity contribution in [3.05, 3.63) is 54.1 Å². The van der Waals surface area contributed by atoms with Gasteiger partial charge in [-0.15, -0.1) is 0 Å². The highest BCUT2D eigenvalue weighted by molar-refractivity contribution is 5.88. The number of rotatable bonds is 8. The molecule has 0 heterocycles. The van der Waals surface area contributed by atoms with E-state index < -0.39 is 11.9 Å². The summed E-state index contributed by atoms with van der Waals surface area (Å²) in [5.74, 6) is -0.464. The lowest BCUT2D eigenvalue weighted by molar-refractivity contribution is -0.140. The summed E-state index contributed by atoms with van der Waals surface area (Å²) in [5.41, 5.74) is 1.30. The Morgan fingerprint density at radius 2 is 1.83 bits per heavy atom. The molecule has 6 heteroatoms. The van der Waals surface area contributed by atoms with Gasteiger partial charge in [0, 0.05) is 11.1 Å². The van der Waals surface area contributed by atoms with Crippen LogP contribution in [0.1, 0.15) is 19.4 Å². The SMILES string of the molecule is C=C(C)C(=O)OCCOc1cccc(C=NOC(=O)C(=C)C)c1. The van der Waals surface area contributed by atoms with Gasteiger partial charge in [0.1, 0.15) is 19.0 Å². The Morgan fingerprint density at radius 1 is 1.13 bits per heavy atom. The molecular weight excluding hydrogens is 298 g/mol. The van der Waals surface area contributed by atoms with E-state index in [1.807, 2.05) is 0 Å². The van der Waals surface area contributed by atoms with Gasteiger partial charge in [-0.05, 0) is 31.5 Å². The van der Waals surface area contributed by atoms with Gasteiger partial charge in [-0.3, -0.25) is 0 Å². The zero-order valence-electron chi connectivity index (χ0n) is 13.2. The van der Waals surface area contributed by atoms with E-state index in [1.165, 1.54) is 13.1 Å². The summed E-state index contributed by atoms with van der Waals surface area (Å²) in [6, 6.07) is 6.99. The average molecular weight is 317 g/mol. The lowest BCUT2D eigenvalue weighted by Gasteiger charge is -2.07. The molecule has 0 aromatic heterocycles. The van der Waals surface area contributed by atoms with Gasteiger partial charge in [-0.2, -0.15) is 0 Å². The summed E-state index contributed by atoms with van der Waals surface area (Å²) in [4.78, 5) is 27.0. The molecule has 0 aliphatic heterocycles. The van der Waals surface area contributed by atoms with Crippen molar-refractivity contribution in [3.63, 3.8) is 0 Å². The number of benzene rings is 1. The van der Waals surface area contributed by atoms with Crippen molar-refractivity contribution in [2.75, 3.05) is 13.2 Å². The largest absolute Gasteiger partial charge is 0.490 e. The molecule has 0 fully saturated rings. The number of esters is 1. The second-order valence-corrected chi connectivity index (χ2v) is 4.73. The van der Waals surface area contributed by atoms with Gasteiger partial charge in [0.15, 0.2) is 0 Å². The first kappa shape index (κ1) is 18.2. The molecule has 0 atom stereocenters. The first-order valence-corrected chi connectivity index (χ1v) is 6.86. The van der Waals surface area contributed by atoms with E-state index in [-0.39, 0.29) is 18.8 Å². The number of nitrogens with zero attached hydrogens (tertiary/aromatic N) is 1. The van der Waals surface area contributed by atoms with Crippen LogP contribution >= 0.6 is 0 Å². The van der Waals surface area contributed by atoms with E-state index in [2.05, 4.69) is 23.2 Å². The van der Waals surface area contributed by atoms with Crippen LogP contribution in [0.15, 0.2) is 53.7 Å². The monoisotopic (exact) mass is 317 g/mol. The zero-order valence-corrected chi connectivity index (χ0v) is 13.2. The molecule has 1 aromatic rings. The van der Waals surface area contributed by atoms with E-state index in [1.54, 1.807) is 31.2 Å². The summed E-state index contributed by atoms with van der Waals surface area (Å²) in [5, 5.41) is 3.57. The van der Waals surface area contributed by atoms with Crippen molar-refractivity contribution in [1.82, 2.24) is 0 Å². The van der Waals surface area contributed by atoms with Crippen LogP contribution in [0, 0.1) is 0 Å². The smallest absolute Gasteiger partial charge is 0.360 e. The standard InChI is InChI=1S/C17H19NO5/c1-12(2)16(19)22-9-8-21-15-7-5-6-14(10-15)11-18-23-17(20)13(3)4/h5-7,10-11H,1,3,8-9H2,2,4H3. The second-order valence-electron chi connectivity index (χ2n) is 4.73. The van der Waals surface area contributed by atoms with Crippen LogP contribution in [0.4, 0.5) is 0 Å². The Balaban J connectivity index is 2.45. The molecular formula is C17H19NO5. The molecule has 0 N–H and O–H groups in total. The molecule has 1 aromatic carbocycles. The molecule has 23 heavy (non-hydrogen) atoms. The van der Waals surface area contributed by atoms with Gasteiger partial charge >= 0.3 is 11.9 Å². The van der Waals surface area contributed by atoms with Gasteiger partial charge < -0.3 is 14.3 Å². The summed E-state index contributed by atoms with van der Waals surface area (Å²) >= 11 is 0. The van der Waals surface area contributed by atoms with Crippen LogP contribution in [-0.4, -0.2) is 31.4 Å². The highest BCUT2D eigenvalue weighted by atomic mass is 16.7. The molecule has 0 saturated carbocycles. The van der Waals surface area contributed by atoms with E-state index in [4.69, 9.17) is 9.47 Å². The minimum atomic E-state index is -0.590. The van der Waals surface area contributed by atoms with Crippen LogP contribution < -0.4 is 4.74 Å². The van der Waals surface area contributed by atoms with Gasteiger partial charge in [0.05, 0.1) is 6.21 Å². The first-order valence-electron chi connectivity index (χ1n) is 6.86. The van der Waals surface area contributed by atoms with E-state index >= 15 is 0 Å². The van der Waals surface area contributed by atoms with Crippen molar-refractivity contribution < 1.29 is 23.9 Å². The number of carbonyl (C=O) groups is 2. The minimum absolute atomic E-state index is 0.125. The number of oxime groups is 1. The quantitative estimate of drug-likeness (QED) is 0.184. The molecule has 0 unspecified atom stereocenters. The number of ether oxygens (including phenoxy) is 2. The van der Waals surface area contributed by atoms with Crippen molar-refractivity contribution >= 4 is 18.2 Å². The van der Waals surface area contributed by atoms with Crippen LogP contribution in [0.25, 0.3) is 0 Å². The molecule has 122 valence electrons. The Kier molecular flexibility index (Phi) is 7.26. The van der Waals surface area contributed by atoms with E-state index in [0.29, 0.717) is 16.9 Å². The molecule has 0 spiro atoms. The van der Waals surface area contributed by atoms with Crippen LogP contribution in [0.5, 0.6) is 5.75 Å². The molecule has 6 nitrogen and oxygen atoms in total. The Bertz CT molecular complexity index is 634. The first-order chi connectivity index (χ1) is 10.9. The average Bonchev–Trinajstić information content (AvgIpc) is 2.51. The number of hydrogen-bond donors (Lipinski definition) is 0. The molecule has 0 amide bonds. The third-order valence-corrected chi connectivity index (χ3v) is 2.48. The van der Waals surface area contributed by atoms with Crippen LogP contribution in [-0.2, 0) is 19.2 Å². The van der Waals surface area contributed by atoms with Crippen molar-refractivity contribution in [2.24, 2.45) is 5.16 Å². The van der Waals surface area contributed by atoms with E-state index in [0.717, 1.165) is 0 Å². The number of hydrogen-bond acceptors (Lipinski definition) is 6. The Morgan fingerprint density at radius 3 is 2.48 bits per heavy atom. The third kappa shape index (κ3) is 7.08. The maximum Gasteiger partial charge on any atom is 0.360 e. The minimum Gasteiger partial charge on any atom is -0.490 e. The van der Waals surface area contributed by atoms with Gasteiger partial charge in [-0.1, -0.05) is 30.4 Å². The lowest BCUT2D eigenvalue weighted by Crippen LogP contribution is -2.12. The summed E-state index contributed by atoms with van der Waals surface area (Å²) in [6.45, 7) is 10.4. The van der Waals surface area contributed by atoms with Crippen LogP contribution in [0.3, 0.4) is 0 Å². The molecule has 1 rings (SSSR count). The fourth-order valence-corrected chi connectivity index (χ4v) is 1.31. The molecule has 0 bridgehead atoms. The normalized spacial score (nSPS) is 10.2. The van der Waals surface area contributed by atoms with E-state index in [9.17, 15) is 9.59 Å². The second kappa shape index (κ2) is 9.19. The Labute approximate surface area is 135 Å². The topological polar surface area (TPSA) is 74.2 Å². The lowest BCUT2D eigenvalue weighted by atomic mass is 10.2. The summed E-state index contributed by atoms with van der Waals surface area (Å²) in [6.07, 6.45) is 1.38. The van der Waals surface area contributed by atoms with Crippen molar-refractivity contribution in [1.29, 1.82) is 0 Å². The zero-order chi connectivity index (χ0) is 17.2. The molecule has 0 aliphatic carbocycles.